The lowest BCUT2D eigenvalue weighted by Crippen LogP contribution is -2.33. The van der Waals surface area contributed by atoms with E-state index >= 15 is 0 Å². The van der Waals surface area contributed by atoms with Crippen molar-refractivity contribution in [2.24, 2.45) is 10.6 Å². The van der Waals surface area contributed by atoms with E-state index in [4.69, 9.17) is 21.5 Å². The molecule has 0 radical (unpaired) electrons. The Hall–Kier alpha value is -1.38. The molecule has 0 spiro atoms. The van der Waals surface area contributed by atoms with E-state index in [0.29, 0.717) is 0 Å². The van der Waals surface area contributed by atoms with Crippen LogP contribution in [0.15, 0.2) is 18.2 Å². The third kappa shape index (κ3) is 5.32. The van der Waals surface area contributed by atoms with Crippen LogP contribution >= 0.6 is 11.6 Å². The molecule has 0 aliphatic carbocycles. The predicted octanol–water partition coefficient (Wildman–Crippen LogP) is 1.94. The molecule has 0 bridgehead atoms. The van der Waals surface area contributed by atoms with E-state index in [-0.39, 0.29) is 28.8 Å². The van der Waals surface area contributed by atoms with Gasteiger partial charge in [-0.05, 0) is 6.07 Å². The summed E-state index contributed by atoms with van der Waals surface area (Å²) in [5.41, 5.74) is -1.02. The minimum atomic E-state index is -3.66. The first-order valence-electron chi connectivity index (χ1n) is 5.57. The van der Waals surface area contributed by atoms with Crippen LogP contribution in [0.1, 0.15) is 13.8 Å². The molecule has 7 nitrogen and oxygen atoms in total. The van der Waals surface area contributed by atoms with E-state index in [1.165, 1.54) is 18.2 Å². The van der Waals surface area contributed by atoms with Gasteiger partial charge >= 0.3 is 5.69 Å². The fourth-order valence-electron chi connectivity index (χ4n) is 1.61. The van der Waals surface area contributed by atoms with Crippen molar-refractivity contribution >= 4 is 27.3 Å². The summed E-state index contributed by atoms with van der Waals surface area (Å²) in [5.74, 6) is -0.307. The maximum Gasteiger partial charge on any atom is 0.311 e. The number of sulfonamides is 1. The maximum absolute atomic E-state index is 11.1. The number of halogens is 1. The molecule has 0 atom stereocenters. The van der Waals surface area contributed by atoms with Gasteiger partial charge < -0.3 is 4.74 Å². The second-order valence-electron chi connectivity index (χ2n) is 5.13. The Morgan fingerprint density at radius 2 is 2.05 bits per heavy atom. The molecule has 20 heavy (non-hydrogen) atoms. The largest absolute Gasteiger partial charge is 0.486 e. The van der Waals surface area contributed by atoms with Gasteiger partial charge in [0.15, 0.2) is 5.75 Å². The van der Waals surface area contributed by atoms with Crippen LogP contribution in [0.4, 0.5) is 5.69 Å². The van der Waals surface area contributed by atoms with Gasteiger partial charge in [0.1, 0.15) is 0 Å². The Morgan fingerprint density at radius 1 is 1.45 bits per heavy atom. The van der Waals surface area contributed by atoms with E-state index < -0.39 is 20.4 Å². The standard InChI is InChI=1S/C11H15ClN2O5S/c1-11(2,7-20(13,17)18)6-19-10-5-8(12)3-4-9(10)14(15)16/h3-5H,6-7H2,1-2H3,(H2,13,17,18). The van der Waals surface area contributed by atoms with Crippen LogP contribution in [0.5, 0.6) is 5.75 Å². The monoisotopic (exact) mass is 322 g/mol. The van der Waals surface area contributed by atoms with Crippen LogP contribution in [-0.2, 0) is 10.0 Å². The average Bonchev–Trinajstić information content (AvgIpc) is 2.22. The molecule has 112 valence electrons. The molecule has 0 saturated heterocycles. The summed E-state index contributed by atoms with van der Waals surface area (Å²) in [6.45, 7) is 3.21. The van der Waals surface area contributed by atoms with Crippen LogP contribution in [0.3, 0.4) is 0 Å². The molecular formula is C11H15ClN2O5S. The highest BCUT2D eigenvalue weighted by atomic mass is 35.5. The van der Waals surface area contributed by atoms with E-state index in [1.54, 1.807) is 13.8 Å². The number of nitro groups is 1. The number of hydrogen-bond acceptors (Lipinski definition) is 5. The fourth-order valence-corrected chi connectivity index (χ4v) is 2.95. The number of rotatable bonds is 6. The minimum absolute atomic E-state index is 0.00926. The van der Waals surface area contributed by atoms with Crippen molar-refractivity contribution in [1.29, 1.82) is 0 Å². The van der Waals surface area contributed by atoms with E-state index in [2.05, 4.69) is 0 Å². The molecule has 1 rings (SSSR count). The van der Waals surface area contributed by atoms with Crippen LogP contribution in [0.2, 0.25) is 5.02 Å². The number of nitrogens with zero attached hydrogens (tertiary/aromatic N) is 1. The predicted molar refractivity (Wildman–Crippen MR) is 75.4 cm³/mol. The lowest BCUT2D eigenvalue weighted by atomic mass is 9.98. The second kappa shape index (κ2) is 5.94. The Balaban J connectivity index is 2.89. The molecule has 1 aromatic carbocycles. The van der Waals surface area contributed by atoms with Gasteiger partial charge in [0.25, 0.3) is 0 Å². The summed E-state index contributed by atoms with van der Waals surface area (Å²) in [6.07, 6.45) is 0. The lowest BCUT2D eigenvalue weighted by Gasteiger charge is -2.23. The second-order valence-corrected chi connectivity index (χ2v) is 7.18. The summed E-state index contributed by atoms with van der Waals surface area (Å²) < 4.78 is 27.5. The third-order valence-electron chi connectivity index (χ3n) is 2.33. The van der Waals surface area contributed by atoms with Gasteiger partial charge in [0, 0.05) is 22.6 Å². The summed E-state index contributed by atoms with van der Waals surface area (Å²) in [6, 6.07) is 3.92. The highest BCUT2D eigenvalue weighted by Crippen LogP contribution is 2.31. The van der Waals surface area contributed by atoms with E-state index in [0.717, 1.165) is 0 Å². The molecule has 0 aliphatic heterocycles. The average molecular weight is 323 g/mol. The van der Waals surface area contributed by atoms with Gasteiger partial charge in [-0.1, -0.05) is 25.4 Å². The molecule has 0 unspecified atom stereocenters. The van der Waals surface area contributed by atoms with Crippen molar-refractivity contribution in [1.82, 2.24) is 0 Å². The van der Waals surface area contributed by atoms with Gasteiger partial charge in [0.2, 0.25) is 10.0 Å². The Morgan fingerprint density at radius 3 is 2.55 bits per heavy atom. The Kier molecular flexibility index (Phi) is 4.95. The summed E-state index contributed by atoms with van der Waals surface area (Å²) in [4.78, 5) is 10.3. The molecule has 1 aromatic rings. The van der Waals surface area contributed by atoms with Crippen LogP contribution in [0.25, 0.3) is 0 Å². The molecule has 0 amide bonds. The Bertz CT molecular complexity index is 615. The molecule has 0 heterocycles. The molecular weight excluding hydrogens is 308 g/mol. The molecule has 0 aliphatic rings. The highest BCUT2D eigenvalue weighted by Gasteiger charge is 2.26. The van der Waals surface area contributed by atoms with Crippen molar-refractivity contribution in [3.8, 4) is 5.75 Å². The molecule has 0 fully saturated rings. The molecule has 0 aromatic heterocycles. The van der Waals surface area contributed by atoms with Crippen molar-refractivity contribution in [3.63, 3.8) is 0 Å². The van der Waals surface area contributed by atoms with Crippen molar-refractivity contribution in [2.75, 3.05) is 12.4 Å². The first-order chi connectivity index (χ1) is 9.00. The topological polar surface area (TPSA) is 113 Å². The normalized spacial score (nSPS) is 12.2. The van der Waals surface area contributed by atoms with Gasteiger partial charge in [-0.15, -0.1) is 0 Å². The van der Waals surface area contributed by atoms with Crippen molar-refractivity contribution < 1.29 is 18.1 Å². The zero-order chi connectivity index (χ0) is 15.6. The Labute approximate surface area is 121 Å². The fraction of sp³-hybridized carbons (Fsp3) is 0.455. The molecule has 9 heteroatoms. The number of nitro benzene ring substituents is 1. The van der Waals surface area contributed by atoms with Crippen molar-refractivity contribution in [2.45, 2.75) is 13.8 Å². The number of ether oxygens (including phenoxy) is 1. The lowest BCUT2D eigenvalue weighted by molar-refractivity contribution is -0.385. The van der Waals surface area contributed by atoms with Gasteiger partial charge in [0.05, 0.1) is 17.3 Å². The molecule has 2 N–H and O–H groups in total. The smallest absolute Gasteiger partial charge is 0.311 e. The minimum Gasteiger partial charge on any atom is -0.486 e. The van der Waals surface area contributed by atoms with E-state index in [1.807, 2.05) is 0 Å². The zero-order valence-electron chi connectivity index (χ0n) is 11.0. The van der Waals surface area contributed by atoms with Crippen LogP contribution < -0.4 is 9.88 Å². The van der Waals surface area contributed by atoms with Crippen LogP contribution in [0, 0.1) is 15.5 Å². The quantitative estimate of drug-likeness (QED) is 0.635. The number of primary sulfonamides is 1. The highest BCUT2D eigenvalue weighted by molar-refractivity contribution is 7.89. The molecule has 0 saturated carbocycles. The zero-order valence-corrected chi connectivity index (χ0v) is 12.6. The summed E-state index contributed by atoms with van der Waals surface area (Å²) >= 11 is 5.76. The summed E-state index contributed by atoms with van der Waals surface area (Å²) in [7, 11) is -3.66. The number of nitrogens with two attached hydrogens (primary N) is 1. The van der Waals surface area contributed by atoms with E-state index in [9.17, 15) is 18.5 Å². The first kappa shape index (κ1) is 16.7. The van der Waals surface area contributed by atoms with Crippen molar-refractivity contribution in [3.05, 3.63) is 33.3 Å². The van der Waals surface area contributed by atoms with Crippen LogP contribution in [-0.4, -0.2) is 25.7 Å². The van der Waals surface area contributed by atoms with Gasteiger partial charge in [-0.25, -0.2) is 13.6 Å². The third-order valence-corrected chi connectivity index (χ3v) is 3.75. The SMILES string of the molecule is CC(C)(COc1cc(Cl)ccc1[N+](=O)[O-])CS(N)(=O)=O. The number of benzene rings is 1. The number of hydrogen-bond donors (Lipinski definition) is 1. The first-order valence-corrected chi connectivity index (χ1v) is 7.67. The van der Waals surface area contributed by atoms with Gasteiger partial charge in [-0.3, -0.25) is 10.1 Å². The summed E-state index contributed by atoms with van der Waals surface area (Å²) in [5, 5.41) is 16.1. The van der Waals surface area contributed by atoms with Gasteiger partial charge in [-0.2, -0.15) is 0 Å². The maximum atomic E-state index is 11.1.